The molecule has 0 aliphatic heterocycles. The number of aromatic carboxylic acids is 1. The van der Waals surface area contributed by atoms with E-state index in [2.05, 4.69) is 4.98 Å². The third kappa shape index (κ3) is 4.16. The molecular formula is C12H17N3O5. The summed E-state index contributed by atoms with van der Waals surface area (Å²) in [7, 11) is 1.71. The van der Waals surface area contributed by atoms with Crippen molar-refractivity contribution in [2.75, 3.05) is 25.1 Å². The molecule has 0 fully saturated rings. The van der Waals surface area contributed by atoms with Gasteiger partial charge in [-0.2, -0.15) is 0 Å². The third-order valence-corrected chi connectivity index (χ3v) is 2.56. The van der Waals surface area contributed by atoms with Crippen molar-refractivity contribution in [1.29, 1.82) is 0 Å². The molecule has 8 heteroatoms. The van der Waals surface area contributed by atoms with Gasteiger partial charge in [-0.15, -0.1) is 0 Å². The highest BCUT2D eigenvalue weighted by Gasteiger charge is 2.21. The summed E-state index contributed by atoms with van der Waals surface area (Å²) < 4.78 is 5.38. The van der Waals surface area contributed by atoms with Crippen LogP contribution in [0.15, 0.2) is 12.3 Å². The van der Waals surface area contributed by atoms with Gasteiger partial charge in [0, 0.05) is 19.7 Å². The number of anilines is 1. The summed E-state index contributed by atoms with van der Waals surface area (Å²) in [5, 5.41) is 19.7. The van der Waals surface area contributed by atoms with Crippen molar-refractivity contribution >= 4 is 17.5 Å². The molecule has 0 aliphatic carbocycles. The van der Waals surface area contributed by atoms with E-state index in [-0.39, 0.29) is 11.7 Å². The van der Waals surface area contributed by atoms with Crippen molar-refractivity contribution in [3.05, 3.63) is 27.9 Å². The van der Waals surface area contributed by atoms with Crippen molar-refractivity contribution in [1.82, 2.24) is 4.98 Å². The Labute approximate surface area is 116 Å². The second-order valence-electron chi connectivity index (χ2n) is 4.46. The van der Waals surface area contributed by atoms with Crippen LogP contribution in [0.3, 0.4) is 0 Å². The van der Waals surface area contributed by atoms with Gasteiger partial charge in [0.25, 0.3) is 0 Å². The molecule has 0 saturated carbocycles. The number of carbonyl (C=O) groups is 1. The molecule has 1 aromatic rings. The first-order valence-electron chi connectivity index (χ1n) is 6.03. The molecule has 0 unspecified atom stereocenters. The van der Waals surface area contributed by atoms with Gasteiger partial charge >= 0.3 is 11.7 Å². The van der Waals surface area contributed by atoms with Crippen LogP contribution in [0.1, 0.15) is 24.2 Å². The van der Waals surface area contributed by atoms with Gasteiger partial charge in [-0.1, -0.05) is 0 Å². The van der Waals surface area contributed by atoms with E-state index in [0.717, 1.165) is 6.20 Å². The zero-order valence-electron chi connectivity index (χ0n) is 11.6. The molecule has 0 atom stereocenters. The van der Waals surface area contributed by atoms with E-state index in [9.17, 15) is 14.9 Å². The fraction of sp³-hybridized carbons (Fsp3) is 0.500. The number of ether oxygens (including phenoxy) is 1. The minimum Gasteiger partial charge on any atom is -0.477 e. The number of hydrogen-bond donors (Lipinski definition) is 1. The van der Waals surface area contributed by atoms with Crippen molar-refractivity contribution in [3.63, 3.8) is 0 Å². The molecule has 8 nitrogen and oxygen atoms in total. The first-order chi connectivity index (χ1) is 9.32. The quantitative estimate of drug-likeness (QED) is 0.597. The summed E-state index contributed by atoms with van der Waals surface area (Å²) in [6.45, 7) is 4.77. The average Bonchev–Trinajstić information content (AvgIpc) is 2.37. The number of likely N-dealkylation sites (N-methyl/N-ethyl adjacent to an activating group) is 1. The third-order valence-electron chi connectivity index (χ3n) is 2.56. The van der Waals surface area contributed by atoms with Gasteiger partial charge in [-0.05, 0) is 13.8 Å². The topological polar surface area (TPSA) is 106 Å². The fourth-order valence-corrected chi connectivity index (χ4v) is 1.50. The Morgan fingerprint density at radius 2 is 2.25 bits per heavy atom. The maximum absolute atomic E-state index is 11.0. The molecule has 0 radical (unpaired) electrons. The molecule has 20 heavy (non-hydrogen) atoms. The molecule has 1 rings (SSSR count). The first-order valence-corrected chi connectivity index (χ1v) is 6.03. The number of aromatic nitrogens is 1. The highest BCUT2D eigenvalue weighted by molar-refractivity contribution is 5.93. The second-order valence-corrected chi connectivity index (χ2v) is 4.46. The maximum Gasteiger partial charge on any atom is 0.342 e. The molecule has 1 aromatic heterocycles. The molecule has 0 aromatic carbocycles. The van der Waals surface area contributed by atoms with E-state index in [0.29, 0.717) is 19.0 Å². The average molecular weight is 283 g/mol. The van der Waals surface area contributed by atoms with Gasteiger partial charge in [0.2, 0.25) is 0 Å². The standard InChI is InChI=1S/C12H17N3O5/c1-8(2)20-5-4-14(3)11-6-9(12(16)17)10(7-13-11)15(18)19/h6-8H,4-5H2,1-3H3,(H,16,17). The smallest absolute Gasteiger partial charge is 0.342 e. The highest BCUT2D eigenvalue weighted by Crippen LogP contribution is 2.21. The molecular weight excluding hydrogens is 266 g/mol. The Balaban J connectivity index is 2.88. The Bertz CT molecular complexity index is 504. The van der Waals surface area contributed by atoms with Crippen LogP contribution in [0.5, 0.6) is 0 Å². The number of nitro groups is 1. The van der Waals surface area contributed by atoms with Crippen LogP contribution in [0, 0.1) is 10.1 Å². The Morgan fingerprint density at radius 1 is 1.60 bits per heavy atom. The molecule has 1 heterocycles. The molecule has 0 spiro atoms. The van der Waals surface area contributed by atoms with Crippen LogP contribution in [0.4, 0.5) is 11.5 Å². The Morgan fingerprint density at radius 3 is 2.75 bits per heavy atom. The van der Waals surface area contributed by atoms with E-state index in [1.54, 1.807) is 11.9 Å². The number of hydrogen-bond acceptors (Lipinski definition) is 6. The molecule has 0 bridgehead atoms. The lowest BCUT2D eigenvalue weighted by Crippen LogP contribution is -2.25. The van der Waals surface area contributed by atoms with E-state index >= 15 is 0 Å². The van der Waals surface area contributed by atoms with E-state index in [1.807, 2.05) is 13.8 Å². The van der Waals surface area contributed by atoms with Crippen molar-refractivity contribution in [3.8, 4) is 0 Å². The fourth-order valence-electron chi connectivity index (χ4n) is 1.50. The SMILES string of the molecule is CC(C)OCCN(C)c1cc(C(=O)O)c([N+](=O)[O-])cn1. The zero-order valence-corrected chi connectivity index (χ0v) is 11.6. The van der Waals surface area contributed by atoms with Crippen molar-refractivity contribution < 1.29 is 19.6 Å². The molecule has 0 aliphatic rings. The minimum atomic E-state index is -1.35. The van der Waals surface area contributed by atoms with Gasteiger partial charge in [0.15, 0.2) is 0 Å². The maximum atomic E-state index is 11.0. The van der Waals surface area contributed by atoms with Gasteiger partial charge in [-0.25, -0.2) is 9.78 Å². The first kappa shape index (κ1) is 15.8. The Kier molecular flexibility index (Phi) is 5.39. The van der Waals surface area contributed by atoms with Gasteiger partial charge in [-0.3, -0.25) is 10.1 Å². The van der Waals surface area contributed by atoms with E-state index in [1.165, 1.54) is 6.07 Å². The van der Waals surface area contributed by atoms with Crippen LogP contribution < -0.4 is 4.90 Å². The summed E-state index contributed by atoms with van der Waals surface area (Å²) in [5.41, 5.74) is -0.898. The van der Waals surface area contributed by atoms with Gasteiger partial charge in [0.05, 0.1) is 17.6 Å². The summed E-state index contributed by atoms with van der Waals surface area (Å²) in [4.78, 5) is 26.6. The number of nitrogens with zero attached hydrogens (tertiary/aromatic N) is 3. The summed E-state index contributed by atoms with van der Waals surface area (Å²) in [6, 6.07) is 1.19. The minimum absolute atomic E-state index is 0.0998. The highest BCUT2D eigenvalue weighted by atomic mass is 16.6. The van der Waals surface area contributed by atoms with Crippen LogP contribution in [0.2, 0.25) is 0 Å². The molecule has 0 saturated heterocycles. The predicted octanol–water partition coefficient (Wildman–Crippen LogP) is 1.55. The monoisotopic (exact) mass is 283 g/mol. The molecule has 1 N–H and O–H groups in total. The van der Waals surface area contributed by atoms with Crippen molar-refractivity contribution in [2.24, 2.45) is 0 Å². The lowest BCUT2D eigenvalue weighted by atomic mass is 10.2. The number of pyridine rings is 1. The summed E-state index contributed by atoms with van der Waals surface area (Å²) in [5.74, 6) is -1.01. The van der Waals surface area contributed by atoms with E-state index < -0.39 is 16.6 Å². The summed E-state index contributed by atoms with van der Waals surface area (Å²) in [6.07, 6.45) is 1.06. The Hall–Kier alpha value is -2.22. The molecule has 110 valence electrons. The number of carboxylic acids is 1. The van der Waals surface area contributed by atoms with Crippen LogP contribution in [-0.2, 0) is 4.74 Å². The zero-order chi connectivity index (χ0) is 15.3. The largest absolute Gasteiger partial charge is 0.477 e. The van der Waals surface area contributed by atoms with Crippen molar-refractivity contribution in [2.45, 2.75) is 20.0 Å². The molecule has 0 amide bonds. The van der Waals surface area contributed by atoms with Crippen LogP contribution in [0.25, 0.3) is 0 Å². The number of rotatable bonds is 7. The van der Waals surface area contributed by atoms with Gasteiger partial charge in [0.1, 0.15) is 17.6 Å². The lowest BCUT2D eigenvalue weighted by Gasteiger charge is -2.19. The van der Waals surface area contributed by atoms with Crippen LogP contribution in [-0.4, -0.2) is 47.3 Å². The second kappa shape index (κ2) is 6.80. The predicted molar refractivity (Wildman–Crippen MR) is 72.2 cm³/mol. The van der Waals surface area contributed by atoms with Gasteiger partial charge < -0.3 is 14.7 Å². The van der Waals surface area contributed by atoms with Crippen LogP contribution >= 0.6 is 0 Å². The summed E-state index contributed by atoms with van der Waals surface area (Å²) >= 11 is 0. The normalized spacial score (nSPS) is 10.6. The number of carboxylic acid groups (broad SMARTS) is 1. The lowest BCUT2D eigenvalue weighted by molar-refractivity contribution is -0.385. The van der Waals surface area contributed by atoms with E-state index in [4.69, 9.17) is 9.84 Å².